The molecule has 5 heterocycles. The number of aromatic hydroxyl groups is 1. The highest BCUT2D eigenvalue weighted by atomic mass is 19.2. The number of benzene rings is 2. The van der Waals surface area contributed by atoms with Gasteiger partial charge in [0.1, 0.15) is 41.7 Å². The maximum atomic E-state index is 16.6. The molecule has 1 saturated carbocycles. The Morgan fingerprint density at radius 1 is 1.00 bits per heavy atom. The van der Waals surface area contributed by atoms with Crippen LogP contribution in [0.15, 0.2) is 30.5 Å². The summed E-state index contributed by atoms with van der Waals surface area (Å²) in [7, 11) is 0. The fraction of sp³-hybridized carbons (Fsp3) is 0.469. The molecule has 0 spiro atoms. The Kier molecular flexibility index (Phi) is 6.37. The van der Waals surface area contributed by atoms with Crippen LogP contribution in [0.2, 0.25) is 0 Å². The lowest BCUT2D eigenvalue weighted by atomic mass is 9.95. The minimum atomic E-state index is -1.20. The first-order chi connectivity index (χ1) is 21.2. The number of piperidine rings is 1. The number of anilines is 1. The van der Waals surface area contributed by atoms with Crippen LogP contribution in [0.4, 0.5) is 27.8 Å². The Hall–Kier alpha value is -3.80. The quantitative estimate of drug-likeness (QED) is 0.273. The van der Waals surface area contributed by atoms with E-state index in [1.807, 2.05) is 4.90 Å². The Labute approximate surface area is 249 Å². The van der Waals surface area contributed by atoms with Gasteiger partial charge in [-0.1, -0.05) is 6.07 Å². The minimum absolute atomic E-state index is 0.111. The van der Waals surface area contributed by atoms with E-state index in [1.165, 1.54) is 18.3 Å². The third kappa shape index (κ3) is 4.28. The van der Waals surface area contributed by atoms with Crippen molar-refractivity contribution in [1.29, 1.82) is 0 Å². The van der Waals surface area contributed by atoms with E-state index in [9.17, 15) is 18.3 Å². The lowest BCUT2D eigenvalue weighted by Crippen LogP contribution is -2.44. The van der Waals surface area contributed by atoms with Crippen LogP contribution in [0.25, 0.3) is 32.9 Å². The van der Waals surface area contributed by atoms with Gasteiger partial charge < -0.3 is 14.7 Å². The predicted octanol–water partition coefficient (Wildman–Crippen LogP) is 6.11. The van der Waals surface area contributed by atoms with E-state index in [0.29, 0.717) is 31.9 Å². The van der Waals surface area contributed by atoms with Crippen LogP contribution in [0.5, 0.6) is 11.8 Å². The molecule has 1 aliphatic carbocycles. The zero-order valence-electron chi connectivity index (χ0n) is 23.7. The van der Waals surface area contributed by atoms with Crippen LogP contribution < -0.4 is 9.64 Å². The van der Waals surface area contributed by atoms with Crippen molar-refractivity contribution in [2.45, 2.75) is 50.0 Å². The Morgan fingerprint density at radius 2 is 1.80 bits per heavy atom. The van der Waals surface area contributed by atoms with Crippen molar-refractivity contribution in [3.8, 4) is 23.0 Å². The second-order valence-corrected chi connectivity index (χ2v) is 12.8. The number of phenolic OH excluding ortho intramolecular Hbond substituents is 1. The summed E-state index contributed by atoms with van der Waals surface area (Å²) in [5.74, 6) is -3.54. The van der Waals surface area contributed by atoms with Gasteiger partial charge in [0.2, 0.25) is 0 Å². The fourth-order valence-electron chi connectivity index (χ4n) is 8.06. The highest BCUT2D eigenvalue weighted by Crippen LogP contribution is 2.44. The number of alkyl halides is 2. The smallest absolute Gasteiger partial charge is 0.319 e. The molecule has 0 amide bonds. The first-order valence-corrected chi connectivity index (χ1v) is 15.1. The number of pyridine rings is 1. The molecule has 7 nitrogen and oxygen atoms in total. The summed E-state index contributed by atoms with van der Waals surface area (Å²) in [5.41, 5.74) is -1.13. The molecule has 4 aliphatic rings. The average Bonchev–Trinajstić information content (AvgIpc) is 3.58. The van der Waals surface area contributed by atoms with Gasteiger partial charge in [-0.25, -0.2) is 22.0 Å². The molecule has 8 rings (SSSR count). The van der Waals surface area contributed by atoms with Crippen LogP contribution in [0, 0.1) is 29.3 Å². The van der Waals surface area contributed by atoms with Gasteiger partial charge in [-0.2, -0.15) is 9.97 Å². The molecular formula is C32H30F5N5O2. The van der Waals surface area contributed by atoms with E-state index in [1.54, 1.807) is 0 Å². The molecule has 4 fully saturated rings. The second-order valence-electron chi connectivity index (χ2n) is 12.8. The third-order valence-corrected chi connectivity index (χ3v) is 10.1. The standard InChI is InChI=1S/C32H30F5N5O2/c33-19-10-32(6-1-7-42(32)14-19)15-44-31-39-29-22(30(40-31)41-12-17-2-3-18(13-41)25(17)35)11-38-28(27(29)37)21-9-20(43)8-16-4-5-23(34)26(36)24(16)21/h4-5,8-9,11,17-19,25,43H,1-3,6-7,10,12-15H2/t17?,18?,19-,25?,32+/m1/s1. The topological polar surface area (TPSA) is 74.6 Å². The molecule has 12 heteroatoms. The monoisotopic (exact) mass is 611 g/mol. The molecule has 0 radical (unpaired) electrons. The Balaban J connectivity index is 1.26. The van der Waals surface area contributed by atoms with Crippen molar-refractivity contribution >= 4 is 27.5 Å². The third-order valence-electron chi connectivity index (χ3n) is 10.1. The number of rotatable bonds is 5. The molecule has 4 aromatic rings. The number of ether oxygens (including phenoxy) is 1. The normalized spacial score (nSPS) is 28.3. The fourth-order valence-corrected chi connectivity index (χ4v) is 8.06. The molecule has 1 N–H and O–H groups in total. The lowest BCUT2D eigenvalue weighted by molar-refractivity contribution is 0.107. The number of halogens is 5. The number of nitrogens with zero attached hydrogens (tertiary/aromatic N) is 5. The first kappa shape index (κ1) is 27.7. The summed E-state index contributed by atoms with van der Waals surface area (Å²) in [6, 6.07) is 4.50. The van der Waals surface area contributed by atoms with E-state index in [-0.39, 0.29) is 63.1 Å². The molecule has 2 bridgehead atoms. The number of phenols is 1. The van der Waals surface area contributed by atoms with Gasteiger partial charge in [-0.15, -0.1) is 0 Å². The van der Waals surface area contributed by atoms with Gasteiger partial charge in [0.25, 0.3) is 0 Å². The van der Waals surface area contributed by atoms with Gasteiger partial charge in [-0.05, 0) is 55.8 Å². The second kappa shape index (κ2) is 10.1. The Bertz CT molecular complexity index is 1790. The van der Waals surface area contributed by atoms with E-state index in [2.05, 4.69) is 19.9 Å². The lowest BCUT2D eigenvalue weighted by Gasteiger charge is -2.35. The highest BCUT2D eigenvalue weighted by molar-refractivity contribution is 6.00. The van der Waals surface area contributed by atoms with Gasteiger partial charge in [0, 0.05) is 55.0 Å². The van der Waals surface area contributed by atoms with Crippen LogP contribution >= 0.6 is 0 Å². The maximum Gasteiger partial charge on any atom is 0.319 e. The number of hydrogen-bond acceptors (Lipinski definition) is 7. The number of fused-ring (bicyclic) bond motifs is 5. The molecule has 4 atom stereocenters. The summed E-state index contributed by atoms with van der Waals surface area (Å²) in [4.78, 5) is 17.4. The van der Waals surface area contributed by atoms with Crippen molar-refractivity contribution < 1.29 is 31.8 Å². The van der Waals surface area contributed by atoms with Crippen molar-refractivity contribution in [3.05, 3.63) is 47.9 Å². The molecule has 2 unspecified atom stereocenters. The maximum absolute atomic E-state index is 16.6. The zero-order valence-corrected chi connectivity index (χ0v) is 23.7. The van der Waals surface area contributed by atoms with Crippen LogP contribution in [0.1, 0.15) is 32.1 Å². The van der Waals surface area contributed by atoms with E-state index < -0.39 is 35.3 Å². The van der Waals surface area contributed by atoms with Crippen molar-refractivity contribution in [3.63, 3.8) is 0 Å². The van der Waals surface area contributed by atoms with Gasteiger partial charge in [0.05, 0.1) is 10.9 Å². The van der Waals surface area contributed by atoms with Crippen LogP contribution in [0.3, 0.4) is 0 Å². The van der Waals surface area contributed by atoms with Crippen molar-refractivity contribution in [2.75, 3.05) is 37.7 Å². The number of aromatic nitrogens is 3. The molecule has 3 saturated heterocycles. The minimum Gasteiger partial charge on any atom is -0.508 e. The Morgan fingerprint density at radius 3 is 2.59 bits per heavy atom. The largest absolute Gasteiger partial charge is 0.508 e. The van der Waals surface area contributed by atoms with Crippen LogP contribution in [-0.4, -0.2) is 75.6 Å². The van der Waals surface area contributed by atoms with E-state index in [0.717, 1.165) is 44.4 Å². The average molecular weight is 612 g/mol. The summed E-state index contributed by atoms with van der Waals surface area (Å²) in [6.45, 7) is 2.00. The van der Waals surface area contributed by atoms with Crippen molar-refractivity contribution in [2.24, 2.45) is 11.8 Å². The van der Waals surface area contributed by atoms with Gasteiger partial charge in [0.15, 0.2) is 17.5 Å². The van der Waals surface area contributed by atoms with E-state index in [4.69, 9.17) is 4.74 Å². The highest BCUT2D eigenvalue weighted by Gasteiger charge is 2.49. The molecule has 3 aliphatic heterocycles. The summed E-state index contributed by atoms with van der Waals surface area (Å²) >= 11 is 0. The van der Waals surface area contributed by atoms with Gasteiger partial charge in [-0.3, -0.25) is 9.88 Å². The summed E-state index contributed by atoms with van der Waals surface area (Å²) in [6.07, 6.45) is 3.01. The SMILES string of the molecule is Oc1cc(-c2ncc3c(N4CC5CCC(C4)C5F)nc(OC[C@@]45CCCN4C[C@H](F)C5)nc3c2F)c2c(F)c(F)ccc2c1. The van der Waals surface area contributed by atoms with Crippen LogP contribution in [-0.2, 0) is 0 Å². The molecule has 2 aromatic carbocycles. The number of hydrogen-bond donors (Lipinski definition) is 1. The first-order valence-electron chi connectivity index (χ1n) is 15.1. The molecule has 2 aromatic heterocycles. The van der Waals surface area contributed by atoms with Gasteiger partial charge >= 0.3 is 6.01 Å². The molecule has 230 valence electrons. The zero-order chi connectivity index (χ0) is 30.3. The summed E-state index contributed by atoms with van der Waals surface area (Å²) in [5, 5.41) is 10.6. The van der Waals surface area contributed by atoms with Crippen molar-refractivity contribution in [1.82, 2.24) is 19.9 Å². The summed E-state index contributed by atoms with van der Waals surface area (Å²) < 4.78 is 81.3. The molecule has 44 heavy (non-hydrogen) atoms. The molecular weight excluding hydrogens is 581 g/mol. The van der Waals surface area contributed by atoms with E-state index >= 15 is 8.78 Å². The predicted molar refractivity (Wildman–Crippen MR) is 154 cm³/mol.